The van der Waals surface area contributed by atoms with Crippen LogP contribution in [0.25, 0.3) is 10.9 Å². The van der Waals surface area contributed by atoms with Crippen molar-refractivity contribution in [2.75, 3.05) is 13.1 Å². The fourth-order valence-corrected chi connectivity index (χ4v) is 5.84. The van der Waals surface area contributed by atoms with Gasteiger partial charge in [0.05, 0.1) is 10.8 Å². The van der Waals surface area contributed by atoms with Crippen LogP contribution in [0.2, 0.25) is 0 Å². The molecule has 0 spiro atoms. The van der Waals surface area contributed by atoms with E-state index in [1.807, 2.05) is 25.1 Å². The van der Waals surface area contributed by atoms with Crippen LogP contribution in [0.4, 0.5) is 0 Å². The zero-order chi connectivity index (χ0) is 23.4. The third kappa shape index (κ3) is 5.51. The van der Waals surface area contributed by atoms with Crippen molar-refractivity contribution in [1.29, 1.82) is 0 Å². The average Bonchev–Trinajstić information content (AvgIpc) is 2.83. The lowest BCUT2D eigenvalue weighted by molar-refractivity contribution is -0.126. The highest BCUT2D eigenvalue weighted by atomic mass is 32.2. The van der Waals surface area contributed by atoms with Gasteiger partial charge in [0.15, 0.2) is 0 Å². The first kappa shape index (κ1) is 23.2. The number of H-pyrrole nitrogens is 1. The predicted molar refractivity (Wildman–Crippen MR) is 128 cm³/mol. The molecule has 0 saturated carbocycles. The minimum Gasteiger partial charge on any atom is -0.353 e. The molecule has 1 saturated heterocycles. The molecule has 1 amide bonds. The van der Waals surface area contributed by atoms with Gasteiger partial charge in [-0.3, -0.25) is 9.59 Å². The van der Waals surface area contributed by atoms with Crippen molar-refractivity contribution in [1.82, 2.24) is 14.6 Å². The molecule has 174 valence electrons. The Labute approximate surface area is 193 Å². The number of hydrogen-bond donors (Lipinski definition) is 2. The molecule has 4 rings (SSSR count). The molecule has 2 N–H and O–H groups in total. The van der Waals surface area contributed by atoms with Gasteiger partial charge in [-0.15, -0.1) is 0 Å². The largest absolute Gasteiger partial charge is 0.353 e. The van der Waals surface area contributed by atoms with Gasteiger partial charge in [-0.05, 0) is 67.8 Å². The second-order valence-corrected chi connectivity index (χ2v) is 10.6. The molecule has 2 heterocycles. The maximum Gasteiger partial charge on any atom is 0.248 e. The molecule has 0 bridgehead atoms. The molecule has 1 aliphatic heterocycles. The summed E-state index contributed by atoms with van der Waals surface area (Å²) in [5, 5.41) is 3.71. The van der Waals surface area contributed by atoms with Crippen molar-refractivity contribution >= 4 is 26.8 Å². The Morgan fingerprint density at radius 1 is 1.15 bits per heavy atom. The normalized spacial score (nSPS) is 18.2. The van der Waals surface area contributed by atoms with Crippen LogP contribution in [0, 0.1) is 5.92 Å². The predicted octanol–water partition coefficient (Wildman–Crippen LogP) is 3.07. The number of fused-ring (bicyclic) bond motifs is 1. The number of rotatable bonds is 7. The summed E-state index contributed by atoms with van der Waals surface area (Å²) in [5.41, 5.74) is 1.58. The molecule has 1 fully saturated rings. The number of piperidine rings is 1. The standard InChI is InChI=1S/C25H29N3O4S/c1-18(9-10-19-6-3-2-4-7-19)26-25(30)21-8-5-15-28(17-21)33(31,32)22-12-13-23-20(16-22)11-14-24(29)27-23/h2-4,6-7,11-14,16,18,21H,5,8-10,15,17H2,1H3,(H,26,30)(H,27,29)/t18-,21-/m0/s1. The van der Waals surface area contributed by atoms with Crippen LogP contribution < -0.4 is 10.9 Å². The summed E-state index contributed by atoms with van der Waals surface area (Å²) in [6, 6.07) is 17.8. The number of carbonyl (C=O) groups is 1. The van der Waals surface area contributed by atoms with E-state index in [1.54, 1.807) is 18.2 Å². The Hall–Kier alpha value is -2.97. The quantitative estimate of drug-likeness (QED) is 0.558. The highest BCUT2D eigenvalue weighted by Crippen LogP contribution is 2.26. The van der Waals surface area contributed by atoms with Crippen LogP contribution >= 0.6 is 0 Å². The van der Waals surface area contributed by atoms with Gasteiger partial charge in [-0.2, -0.15) is 4.31 Å². The van der Waals surface area contributed by atoms with E-state index in [9.17, 15) is 18.0 Å². The summed E-state index contributed by atoms with van der Waals surface area (Å²) in [4.78, 5) is 27.2. The number of hydrogen-bond acceptors (Lipinski definition) is 4. The number of benzene rings is 2. The van der Waals surface area contributed by atoms with Crippen LogP contribution in [0.1, 0.15) is 31.7 Å². The third-order valence-electron chi connectivity index (χ3n) is 6.19. The fourth-order valence-electron chi connectivity index (χ4n) is 4.28. The Bertz CT molecular complexity index is 1290. The molecule has 0 aliphatic carbocycles. The number of nitrogens with one attached hydrogen (secondary N) is 2. The summed E-state index contributed by atoms with van der Waals surface area (Å²) in [6.07, 6.45) is 3.00. The molecular weight excluding hydrogens is 438 g/mol. The molecule has 3 aromatic rings. The van der Waals surface area contributed by atoms with Gasteiger partial charge in [0.25, 0.3) is 0 Å². The van der Waals surface area contributed by atoms with Crippen molar-refractivity contribution in [3.8, 4) is 0 Å². The number of pyridine rings is 1. The lowest BCUT2D eigenvalue weighted by Crippen LogP contribution is -2.47. The monoisotopic (exact) mass is 467 g/mol. The fraction of sp³-hybridized carbons (Fsp3) is 0.360. The van der Waals surface area contributed by atoms with Gasteiger partial charge in [0.1, 0.15) is 0 Å². The van der Waals surface area contributed by atoms with Crippen molar-refractivity contribution in [2.45, 2.75) is 43.5 Å². The third-order valence-corrected chi connectivity index (χ3v) is 8.05. The zero-order valence-electron chi connectivity index (χ0n) is 18.7. The molecule has 8 heteroatoms. The van der Waals surface area contributed by atoms with Gasteiger partial charge < -0.3 is 10.3 Å². The molecule has 7 nitrogen and oxygen atoms in total. The molecule has 0 radical (unpaired) electrons. The molecule has 2 atom stereocenters. The maximum atomic E-state index is 13.3. The second kappa shape index (κ2) is 9.89. The Kier molecular flexibility index (Phi) is 6.95. The summed E-state index contributed by atoms with van der Waals surface area (Å²) in [5.74, 6) is -0.462. The van der Waals surface area contributed by atoms with Crippen molar-refractivity contribution in [3.05, 3.63) is 76.6 Å². The smallest absolute Gasteiger partial charge is 0.248 e. The second-order valence-electron chi connectivity index (χ2n) is 8.71. The first-order valence-corrected chi connectivity index (χ1v) is 12.7. The van der Waals surface area contributed by atoms with Crippen LogP contribution in [-0.2, 0) is 21.2 Å². The number of amides is 1. The van der Waals surface area contributed by atoms with Gasteiger partial charge in [-0.25, -0.2) is 8.42 Å². The Balaban J connectivity index is 1.40. The van der Waals surface area contributed by atoms with Crippen molar-refractivity contribution in [3.63, 3.8) is 0 Å². The summed E-state index contributed by atoms with van der Waals surface area (Å²) in [7, 11) is -3.74. The number of aromatic amines is 1. The van der Waals surface area contributed by atoms with Gasteiger partial charge in [0, 0.05) is 30.7 Å². The van der Waals surface area contributed by atoms with E-state index in [1.165, 1.54) is 22.0 Å². The average molecular weight is 468 g/mol. The van der Waals surface area contributed by atoms with Gasteiger partial charge in [-0.1, -0.05) is 30.3 Å². The van der Waals surface area contributed by atoms with Crippen LogP contribution in [0.15, 0.2) is 70.4 Å². The van der Waals surface area contributed by atoms with E-state index in [2.05, 4.69) is 22.4 Å². The number of sulfonamides is 1. The van der Waals surface area contributed by atoms with Crippen LogP contribution in [0.3, 0.4) is 0 Å². The SMILES string of the molecule is C[C@@H](CCc1ccccc1)NC(=O)[C@H]1CCCN(S(=O)(=O)c2ccc3[nH]c(=O)ccc3c2)C1. The van der Waals surface area contributed by atoms with Crippen LogP contribution in [-0.4, -0.2) is 42.7 Å². The summed E-state index contributed by atoms with van der Waals surface area (Å²) in [6.45, 7) is 2.54. The molecule has 33 heavy (non-hydrogen) atoms. The van der Waals surface area contributed by atoms with Crippen molar-refractivity contribution in [2.24, 2.45) is 5.92 Å². The lowest BCUT2D eigenvalue weighted by Gasteiger charge is -2.32. The minimum absolute atomic E-state index is 0.00679. The van der Waals surface area contributed by atoms with E-state index >= 15 is 0 Å². The first-order valence-electron chi connectivity index (χ1n) is 11.3. The van der Waals surface area contributed by atoms with E-state index in [0.29, 0.717) is 30.3 Å². The van der Waals surface area contributed by atoms with E-state index in [0.717, 1.165) is 12.8 Å². The first-order chi connectivity index (χ1) is 15.8. The van der Waals surface area contributed by atoms with Gasteiger partial charge >= 0.3 is 0 Å². The number of aromatic nitrogens is 1. The number of carbonyl (C=O) groups excluding carboxylic acids is 1. The van der Waals surface area contributed by atoms with Crippen LogP contribution in [0.5, 0.6) is 0 Å². The van der Waals surface area contributed by atoms with E-state index < -0.39 is 10.0 Å². The maximum absolute atomic E-state index is 13.3. The zero-order valence-corrected chi connectivity index (χ0v) is 19.5. The number of aryl methyl sites for hydroxylation is 1. The molecule has 1 aromatic heterocycles. The summed E-state index contributed by atoms with van der Waals surface area (Å²) < 4.78 is 27.9. The number of nitrogens with zero attached hydrogens (tertiary/aromatic N) is 1. The van der Waals surface area contributed by atoms with E-state index in [4.69, 9.17) is 0 Å². The minimum atomic E-state index is -3.74. The Morgan fingerprint density at radius 2 is 1.94 bits per heavy atom. The lowest BCUT2D eigenvalue weighted by atomic mass is 9.98. The Morgan fingerprint density at radius 3 is 2.73 bits per heavy atom. The topological polar surface area (TPSA) is 99.3 Å². The highest BCUT2D eigenvalue weighted by molar-refractivity contribution is 7.89. The molecule has 0 unspecified atom stereocenters. The molecular formula is C25H29N3O4S. The molecule has 1 aliphatic rings. The summed E-state index contributed by atoms with van der Waals surface area (Å²) >= 11 is 0. The van der Waals surface area contributed by atoms with Gasteiger partial charge in [0.2, 0.25) is 21.5 Å². The molecule has 2 aromatic carbocycles. The van der Waals surface area contributed by atoms with E-state index in [-0.39, 0.29) is 34.9 Å². The van der Waals surface area contributed by atoms with Crippen molar-refractivity contribution < 1.29 is 13.2 Å². The highest BCUT2D eigenvalue weighted by Gasteiger charge is 2.33.